The molecule has 3 aliphatic rings. The number of fused-ring (bicyclic) bond motifs is 10. The van der Waals surface area contributed by atoms with Crippen LogP contribution >= 0.6 is 0 Å². The van der Waals surface area contributed by atoms with Gasteiger partial charge in [-0.2, -0.15) is 0 Å². The van der Waals surface area contributed by atoms with Crippen LogP contribution in [0.4, 0.5) is 0 Å². The summed E-state index contributed by atoms with van der Waals surface area (Å²) < 4.78 is 0. The predicted molar refractivity (Wildman–Crippen MR) is 128 cm³/mol. The van der Waals surface area contributed by atoms with Crippen molar-refractivity contribution in [2.75, 3.05) is 6.54 Å². The first-order valence-electron chi connectivity index (χ1n) is 11.8. The molecule has 7 heteroatoms. The van der Waals surface area contributed by atoms with Crippen LogP contribution in [-0.2, 0) is 30.5 Å². The zero-order chi connectivity index (χ0) is 24.4. The number of aryl methyl sites for hydroxylation is 2. The van der Waals surface area contributed by atoms with E-state index in [0.29, 0.717) is 36.8 Å². The van der Waals surface area contributed by atoms with Crippen LogP contribution in [-0.4, -0.2) is 44.5 Å². The predicted octanol–water partition coefficient (Wildman–Crippen LogP) is 4.09. The van der Waals surface area contributed by atoms with Crippen LogP contribution in [0.15, 0.2) is 36.4 Å². The van der Waals surface area contributed by atoms with E-state index in [2.05, 4.69) is 0 Å². The van der Waals surface area contributed by atoms with Gasteiger partial charge in [0.25, 0.3) is 11.8 Å². The van der Waals surface area contributed by atoms with Crippen molar-refractivity contribution in [2.45, 2.75) is 38.5 Å². The molecule has 2 aliphatic carbocycles. The number of hydrogen-bond acceptors (Lipinski definition) is 5. The van der Waals surface area contributed by atoms with Gasteiger partial charge in [0.2, 0.25) is 0 Å². The van der Waals surface area contributed by atoms with E-state index < -0.39 is 5.97 Å². The van der Waals surface area contributed by atoms with E-state index in [1.165, 1.54) is 4.90 Å². The van der Waals surface area contributed by atoms with Gasteiger partial charge < -0.3 is 15.3 Å². The number of aliphatic carboxylic acids is 1. The molecule has 6 rings (SSSR count). The number of carbonyl (C=O) groups is 3. The van der Waals surface area contributed by atoms with Gasteiger partial charge in [-0.05, 0) is 101 Å². The average molecular weight is 469 g/mol. The zero-order valence-corrected chi connectivity index (χ0v) is 18.9. The lowest BCUT2D eigenvalue weighted by Crippen LogP contribution is -2.31. The Bertz CT molecular complexity index is 1370. The minimum absolute atomic E-state index is 0.0666. The van der Waals surface area contributed by atoms with Crippen LogP contribution < -0.4 is 0 Å². The van der Waals surface area contributed by atoms with Gasteiger partial charge >= 0.3 is 5.97 Å². The van der Waals surface area contributed by atoms with Gasteiger partial charge in [-0.25, -0.2) is 0 Å². The van der Waals surface area contributed by atoms with Crippen LogP contribution in [0.25, 0.3) is 22.3 Å². The molecular weight excluding hydrogens is 446 g/mol. The lowest BCUT2D eigenvalue weighted by atomic mass is 9.72. The molecule has 0 spiro atoms. The van der Waals surface area contributed by atoms with Crippen LogP contribution in [0.1, 0.15) is 55.8 Å². The number of aromatic hydroxyl groups is 2. The van der Waals surface area contributed by atoms with Crippen molar-refractivity contribution in [1.29, 1.82) is 0 Å². The minimum atomic E-state index is -0.962. The molecule has 0 unspecified atom stereocenters. The molecule has 3 N–H and O–H groups in total. The molecule has 3 aromatic rings. The van der Waals surface area contributed by atoms with Crippen molar-refractivity contribution in [2.24, 2.45) is 0 Å². The highest BCUT2D eigenvalue weighted by Crippen LogP contribution is 2.51. The smallest absolute Gasteiger partial charge is 0.303 e. The van der Waals surface area contributed by atoms with E-state index in [9.17, 15) is 24.6 Å². The summed E-state index contributed by atoms with van der Waals surface area (Å²) in [6.07, 6.45) is 2.45. The number of amides is 2. The molecule has 0 atom stereocenters. The summed E-state index contributed by atoms with van der Waals surface area (Å²) in [4.78, 5) is 39.4. The Hall–Kier alpha value is -4.13. The molecule has 35 heavy (non-hydrogen) atoms. The Morgan fingerprint density at radius 3 is 1.69 bits per heavy atom. The maximum Gasteiger partial charge on any atom is 0.303 e. The number of carbonyl (C=O) groups excluding carboxylic acids is 2. The molecule has 0 saturated heterocycles. The number of benzene rings is 3. The molecule has 2 amide bonds. The second-order valence-electron chi connectivity index (χ2n) is 9.40. The quantitative estimate of drug-likeness (QED) is 0.496. The van der Waals surface area contributed by atoms with Gasteiger partial charge in [-0.15, -0.1) is 0 Å². The van der Waals surface area contributed by atoms with E-state index in [1.807, 2.05) is 12.1 Å². The van der Waals surface area contributed by atoms with Gasteiger partial charge in [0.05, 0.1) is 11.1 Å². The van der Waals surface area contributed by atoms with Gasteiger partial charge in [0.15, 0.2) is 0 Å². The monoisotopic (exact) mass is 469 g/mol. The average Bonchev–Trinajstić information content (AvgIpc) is 3.08. The molecule has 7 nitrogen and oxygen atoms in total. The van der Waals surface area contributed by atoms with Crippen molar-refractivity contribution in [3.05, 3.63) is 69.8 Å². The fourth-order valence-corrected chi connectivity index (χ4v) is 5.95. The van der Waals surface area contributed by atoms with Crippen LogP contribution in [0.2, 0.25) is 0 Å². The Morgan fingerprint density at radius 2 is 1.23 bits per heavy atom. The fourth-order valence-electron chi connectivity index (χ4n) is 5.95. The molecule has 1 aliphatic heterocycles. The number of carboxylic acids is 1. The van der Waals surface area contributed by atoms with E-state index in [-0.39, 0.29) is 42.7 Å². The van der Waals surface area contributed by atoms with Crippen molar-refractivity contribution < 1.29 is 29.7 Å². The molecule has 0 aromatic heterocycles. The van der Waals surface area contributed by atoms with Gasteiger partial charge in [0, 0.05) is 13.0 Å². The van der Waals surface area contributed by atoms with Crippen LogP contribution in [0, 0.1) is 0 Å². The summed E-state index contributed by atoms with van der Waals surface area (Å²) in [6.45, 7) is 0.0666. The summed E-state index contributed by atoms with van der Waals surface area (Å²) in [5, 5.41) is 29.2. The summed E-state index contributed by atoms with van der Waals surface area (Å²) >= 11 is 0. The van der Waals surface area contributed by atoms with Crippen LogP contribution in [0.3, 0.4) is 0 Å². The number of phenolic OH excluding ortho intramolecular Hbond substituents is 2. The molecule has 1 heterocycles. The van der Waals surface area contributed by atoms with Crippen molar-refractivity contribution >= 4 is 17.8 Å². The van der Waals surface area contributed by atoms with E-state index in [1.54, 1.807) is 24.3 Å². The summed E-state index contributed by atoms with van der Waals surface area (Å²) in [5.74, 6) is -1.30. The van der Waals surface area contributed by atoms with Gasteiger partial charge in [0.1, 0.15) is 11.5 Å². The SMILES string of the molecule is O=C(O)CCCN1C(=O)c2c3c(c4c(c2C1=O)CCc1cc(O)ccc1-4)-c1ccc(O)cc1CC3. The first-order valence-corrected chi connectivity index (χ1v) is 11.8. The Morgan fingerprint density at radius 1 is 0.743 bits per heavy atom. The van der Waals surface area contributed by atoms with E-state index in [4.69, 9.17) is 5.11 Å². The van der Waals surface area contributed by atoms with E-state index >= 15 is 0 Å². The minimum Gasteiger partial charge on any atom is -0.508 e. The highest BCUT2D eigenvalue weighted by Gasteiger charge is 2.43. The van der Waals surface area contributed by atoms with Crippen molar-refractivity contribution in [1.82, 2.24) is 4.90 Å². The number of rotatable bonds is 4. The largest absolute Gasteiger partial charge is 0.508 e. The van der Waals surface area contributed by atoms with Gasteiger partial charge in [-0.1, -0.05) is 12.1 Å². The topological polar surface area (TPSA) is 115 Å². The lowest BCUT2D eigenvalue weighted by Gasteiger charge is -2.30. The Balaban J connectivity index is 1.62. The maximum atomic E-state index is 13.6. The number of nitrogens with zero attached hydrogens (tertiary/aromatic N) is 1. The summed E-state index contributed by atoms with van der Waals surface area (Å²) in [5.41, 5.74) is 8.23. The maximum absolute atomic E-state index is 13.6. The molecular formula is C28H23NO6. The third kappa shape index (κ3) is 3.15. The van der Waals surface area contributed by atoms with Crippen molar-refractivity contribution in [3.63, 3.8) is 0 Å². The van der Waals surface area contributed by atoms with Gasteiger partial charge in [-0.3, -0.25) is 19.3 Å². The third-order valence-electron chi connectivity index (χ3n) is 7.40. The highest BCUT2D eigenvalue weighted by molar-refractivity contribution is 6.25. The third-order valence-corrected chi connectivity index (χ3v) is 7.40. The zero-order valence-electron chi connectivity index (χ0n) is 18.9. The first-order chi connectivity index (χ1) is 16.8. The number of hydrogen-bond donors (Lipinski definition) is 3. The second-order valence-corrected chi connectivity index (χ2v) is 9.40. The fraction of sp³-hybridized carbons (Fsp3) is 0.250. The number of phenols is 2. The second kappa shape index (κ2) is 7.70. The first kappa shape index (κ1) is 21.4. The summed E-state index contributed by atoms with van der Waals surface area (Å²) in [7, 11) is 0. The van der Waals surface area contributed by atoms with Crippen molar-refractivity contribution in [3.8, 4) is 33.8 Å². The Labute approximate surface area is 201 Å². The van der Waals surface area contributed by atoms with E-state index in [0.717, 1.165) is 44.5 Å². The molecule has 176 valence electrons. The molecule has 0 saturated carbocycles. The molecule has 3 aromatic carbocycles. The molecule has 0 fully saturated rings. The normalized spacial score (nSPS) is 15.3. The summed E-state index contributed by atoms with van der Waals surface area (Å²) in [6, 6.07) is 10.5. The Kier molecular flexibility index (Phi) is 4.71. The standard InChI is InChI=1S/C28H23NO6/c30-16-5-9-18-14(12-16)3-7-20-23(18)24-19-10-6-17(31)13-15(19)4-8-21(24)26-25(20)27(34)29(28(26)35)11-1-2-22(32)33/h5-6,9-10,12-13,30-31H,1-4,7-8,11H2,(H,32,33). The highest BCUT2D eigenvalue weighted by atomic mass is 16.4. The number of carboxylic acid groups (broad SMARTS) is 1. The lowest BCUT2D eigenvalue weighted by molar-refractivity contribution is -0.137. The number of imide groups is 1. The molecule has 0 radical (unpaired) electrons. The molecule has 0 bridgehead atoms. The van der Waals surface area contributed by atoms with Crippen LogP contribution in [0.5, 0.6) is 11.5 Å².